The van der Waals surface area contributed by atoms with Crippen molar-refractivity contribution in [2.45, 2.75) is 6.61 Å². The summed E-state index contributed by atoms with van der Waals surface area (Å²) >= 11 is 16.8. The van der Waals surface area contributed by atoms with E-state index < -0.39 is 0 Å². The zero-order valence-electron chi connectivity index (χ0n) is 11.6. The molecule has 0 saturated heterocycles. The normalized spacial score (nSPS) is 11.2. The Morgan fingerprint density at radius 2 is 2.17 bits per heavy atom. The highest BCUT2D eigenvalue weighted by Gasteiger charge is 2.04. The van der Waals surface area contributed by atoms with Crippen LogP contribution < -0.4 is 4.74 Å². The third-order valence-electron chi connectivity index (χ3n) is 2.80. The number of rotatable bonds is 5. The van der Waals surface area contributed by atoms with Crippen LogP contribution in [0.4, 0.5) is 0 Å². The van der Waals surface area contributed by atoms with Gasteiger partial charge in [0.15, 0.2) is 0 Å². The number of benzene rings is 1. The van der Waals surface area contributed by atoms with E-state index >= 15 is 0 Å². The summed E-state index contributed by atoms with van der Waals surface area (Å²) in [5.41, 5.74) is 0. The van der Waals surface area contributed by atoms with Crippen LogP contribution in [0.1, 0.15) is 11.5 Å². The van der Waals surface area contributed by atoms with Gasteiger partial charge >= 0.3 is 0 Å². The number of aromatic amines is 1. The van der Waals surface area contributed by atoms with Crippen LogP contribution >= 0.6 is 35.4 Å². The lowest BCUT2D eigenvalue weighted by Crippen LogP contribution is -1.93. The number of H-pyrrole nitrogens is 1. The van der Waals surface area contributed by atoms with E-state index in [1.165, 1.54) is 17.2 Å². The first-order valence-corrected chi connectivity index (χ1v) is 7.61. The maximum absolute atomic E-state index is 5.93. The number of hydrogen-bond acceptors (Lipinski definition) is 5. The van der Waals surface area contributed by atoms with Crippen molar-refractivity contribution >= 4 is 41.6 Å². The van der Waals surface area contributed by atoms with Crippen molar-refractivity contribution in [2.75, 3.05) is 0 Å². The second-order valence-electron chi connectivity index (χ2n) is 4.42. The Bertz CT molecular complexity index is 900. The first kappa shape index (κ1) is 15.8. The molecular weight excluding hydrogens is 359 g/mol. The van der Waals surface area contributed by atoms with E-state index in [2.05, 4.69) is 15.3 Å². The van der Waals surface area contributed by atoms with Crippen molar-refractivity contribution < 1.29 is 9.15 Å². The molecule has 3 aromatic rings. The average Bonchev–Trinajstić information content (AvgIpc) is 3.15. The first-order chi connectivity index (χ1) is 11.1. The van der Waals surface area contributed by atoms with E-state index in [0.29, 0.717) is 32.1 Å². The summed E-state index contributed by atoms with van der Waals surface area (Å²) in [6.07, 6.45) is 3.00. The largest absolute Gasteiger partial charge is 0.486 e. The number of halogens is 2. The number of ether oxygens (including phenoxy) is 1. The number of furan rings is 1. The molecule has 2 heterocycles. The van der Waals surface area contributed by atoms with Gasteiger partial charge in [-0.05, 0) is 36.5 Å². The van der Waals surface area contributed by atoms with Gasteiger partial charge < -0.3 is 9.15 Å². The van der Waals surface area contributed by atoms with Crippen molar-refractivity contribution in [1.82, 2.24) is 14.9 Å². The number of nitrogens with zero attached hydrogens (tertiary/aromatic N) is 3. The fourth-order valence-electron chi connectivity index (χ4n) is 1.71. The lowest BCUT2D eigenvalue weighted by atomic mass is 10.3. The van der Waals surface area contributed by atoms with Crippen molar-refractivity contribution in [2.24, 2.45) is 5.10 Å². The van der Waals surface area contributed by atoms with Gasteiger partial charge in [-0.1, -0.05) is 23.2 Å². The highest BCUT2D eigenvalue weighted by molar-refractivity contribution is 7.71. The monoisotopic (exact) mass is 368 g/mol. The molecule has 0 radical (unpaired) electrons. The van der Waals surface area contributed by atoms with Gasteiger partial charge in [0.2, 0.25) is 4.77 Å². The lowest BCUT2D eigenvalue weighted by Gasteiger charge is -2.05. The molecular formula is C14H10Cl2N4O2S. The van der Waals surface area contributed by atoms with Crippen molar-refractivity contribution in [3.05, 3.63) is 63.0 Å². The standard InChI is InChI=1S/C14H10Cl2N4O2S/c15-12-4-3-9(5-13(12)16)21-7-11-2-1-10(22-11)6-18-20-8-17-19-14(20)23/h1-6,8H,7H2,(H,19,23). The topological polar surface area (TPSA) is 68.3 Å². The summed E-state index contributed by atoms with van der Waals surface area (Å²) in [6, 6.07) is 8.64. The molecule has 6 nitrogen and oxygen atoms in total. The minimum Gasteiger partial charge on any atom is -0.486 e. The molecule has 1 N–H and O–H groups in total. The van der Waals surface area contributed by atoms with Gasteiger partial charge in [-0.3, -0.25) is 5.10 Å². The van der Waals surface area contributed by atoms with Crippen LogP contribution in [0, 0.1) is 4.77 Å². The lowest BCUT2D eigenvalue weighted by molar-refractivity contribution is 0.270. The highest BCUT2D eigenvalue weighted by atomic mass is 35.5. The summed E-state index contributed by atoms with van der Waals surface area (Å²) in [7, 11) is 0. The average molecular weight is 369 g/mol. The maximum Gasteiger partial charge on any atom is 0.216 e. The Balaban J connectivity index is 1.63. The zero-order valence-corrected chi connectivity index (χ0v) is 13.9. The van der Waals surface area contributed by atoms with Gasteiger partial charge in [-0.15, -0.1) is 0 Å². The summed E-state index contributed by atoms with van der Waals surface area (Å²) < 4.78 is 13.0. The smallest absolute Gasteiger partial charge is 0.216 e. The number of aromatic nitrogens is 3. The van der Waals surface area contributed by atoms with Crippen molar-refractivity contribution in [1.29, 1.82) is 0 Å². The summed E-state index contributed by atoms with van der Waals surface area (Å²) in [5.74, 6) is 1.82. The molecule has 0 atom stereocenters. The van der Waals surface area contributed by atoms with Crippen LogP contribution in [0.5, 0.6) is 5.75 Å². The van der Waals surface area contributed by atoms with Gasteiger partial charge in [0.25, 0.3) is 0 Å². The van der Waals surface area contributed by atoms with Crippen LogP contribution in [0.3, 0.4) is 0 Å². The molecule has 0 aliphatic rings. The van der Waals surface area contributed by atoms with Crippen LogP contribution in [-0.2, 0) is 6.61 Å². The Labute approximate surface area is 146 Å². The molecule has 0 fully saturated rings. The van der Waals surface area contributed by atoms with E-state index in [4.69, 9.17) is 44.6 Å². The fourth-order valence-corrected chi connectivity index (χ4v) is 2.14. The molecule has 2 aromatic heterocycles. The first-order valence-electron chi connectivity index (χ1n) is 6.45. The molecule has 0 amide bonds. The van der Waals surface area contributed by atoms with Crippen LogP contribution in [0.25, 0.3) is 0 Å². The predicted molar refractivity (Wildman–Crippen MR) is 89.9 cm³/mol. The van der Waals surface area contributed by atoms with Crippen LogP contribution in [0.2, 0.25) is 10.0 Å². The quantitative estimate of drug-likeness (QED) is 0.538. The molecule has 0 bridgehead atoms. The molecule has 0 saturated carbocycles. The van der Waals surface area contributed by atoms with E-state index in [1.807, 2.05) is 0 Å². The fraction of sp³-hybridized carbons (Fsp3) is 0.0714. The summed E-state index contributed by atoms with van der Waals surface area (Å²) in [5, 5.41) is 11.4. The molecule has 9 heteroatoms. The van der Waals surface area contributed by atoms with E-state index in [0.717, 1.165) is 0 Å². The molecule has 23 heavy (non-hydrogen) atoms. The third kappa shape index (κ3) is 4.01. The second-order valence-corrected chi connectivity index (χ2v) is 5.62. The molecule has 0 aliphatic carbocycles. The molecule has 0 spiro atoms. The Kier molecular flexibility index (Phi) is 4.80. The van der Waals surface area contributed by atoms with E-state index in [1.54, 1.807) is 30.3 Å². The highest BCUT2D eigenvalue weighted by Crippen LogP contribution is 2.26. The zero-order chi connectivity index (χ0) is 16.2. The maximum atomic E-state index is 5.93. The Morgan fingerprint density at radius 3 is 2.91 bits per heavy atom. The van der Waals surface area contributed by atoms with Crippen molar-refractivity contribution in [3.63, 3.8) is 0 Å². The molecule has 0 aliphatic heterocycles. The van der Waals surface area contributed by atoms with Crippen molar-refractivity contribution in [3.8, 4) is 5.75 Å². The summed E-state index contributed by atoms with van der Waals surface area (Å²) in [6.45, 7) is 0.261. The number of hydrogen-bond donors (Lipinski definition) is 1. The van der Waals surface area contributed by atoms with Crippen LogP contribution in [-0.4, -0.2) is 21.1 Å². The van der Waals surface area contributed by atoms with E-state index in [9.17, 15) is 0 Å². The van der Waals surface area contributed by atoms with Gasteiger partial charge in [-0.25, -0.2) is 0 Å². The third-order valence-corrected chi connectivity index (χ3v) is 3.82. The van der Waals surface area contributed by atoms with Gasteiger partial charge in [0, 0.05) is 6.07 Å². The number of nitrogens with one attached hydrogen (secondary N) is 1. The minimum absolute atomic E-state index is 0.261. The van der Waals surface area contributed by atoms with Crippen LogP contribution in [0.15, 0.2) is 46.2 Å². The second kappa shape index (κ2) is 6.99. The van der Waals surface area contributed by atoms with Gasteiger partial charge in [0.05, 0.1) is 16.3 Å². The molecule has 118 valence electrons. The molecule has 1 aromatic carbocycles. The SMILES string of the molecule is S=c1[nH]ncn1N=Cc1ccc(COc2ccc(Cl)c(Cl)c2)o1. The Hall–Kier alpha value is -2.09. The predicted octanol–water partition coefficient (Wildman–Crippen LogP) is 4.30. The summed E-state index contributed by atoms with van der Waals surface area (Å²) in [4.78, 5) is 0. The molecule has 3 rings (SSSR count). The van der Waals surface area contributed by atoms with Gasteiger partial charge in [0.1, 0.15) is 30.2 Å². The Morgan fingerprint density at radius 1 is 1.30 bits per heavy atom. The van der Waals surface area contributed by atoms with E-state index in [-0.39, 0.29) is 6.61 Å². The minimum atomic E-state index is 0.261. The van der Waals surface area contributed by atoms with Gasteiger partial charge in [-0.2, -0.15) is 14.9 Å². The molecule has 0 unspecified atom stereocenters.